The lowest BCUT2D eigenvalue weighted by Gasteiger charge is -2.37. The zero-order valence-electron chi connectivity index (χ0n) is 9.39. The van der Waals surface area contributed by atoms with Crippen LogP contribution >= 0.6 is 11.3 Å². The van der Waals surface area contributed by atoms with Crippen LogP contribution in [0.1, 0.15) is 4.88 Å². The summed E-state index contributed by atoms with van der Waals surface area (Å²) in [7, 11) is 0. The molecule has 1 unspecified atom stereocenters. The molecule has 0 saturated carbocycles. The van der Waals surface area contributed by atoms with Crippen LogP contribution in [0.5, 0.6) is 0 Å². The maximum Gasteiger partial charge on any atom is 0.247 e. The van der Waals surface area contributed by atoms with Gasteiger partial charge in [-0.1, -0.05) is 12.1 Å². The Morgan fingerprint density at radius 1 is 1.71 bits per heavy atom. The molecule has 1 aromatic heterocycles. The van der Waals surface area contributed by atoms with Crippen molar-refractivity contribution in [3.8, 4) is 0 Å². The highest BCUT2D eigenvalue weighted by Crippen LogP contribution is 2.12. The van der Waals surface area contributed by atoms with E-state index in [0.29, 0.717) is 19.5 Å². The first-order valence-electron chi connectivity index (χ1n) is 5.42. The molecule has 5 heteroatoms. The van der Waals surface area contributed by atoms with Crippen molar-refractivity contribution in [1.29, 1.82) is 0 Å². The van der Waals surface area contributed by atoms with Crippen LogP contribution in [0.4, 0.5) is 0 Å². The minimum absolute atomic E-state index is 0.0237. The minimum Gasteiger partial charge on any atom is -0.342 e. The number of nitrogens with zero attached hydrogens (tertiary/aromatic N) is 1. The first-order valence-corrected chi connectivity index (χ1v) is 6.30. The third kappa shape index (κ3) is 2.74. The van der Waals surface area contributed by atoms with Gasteiger partial charge >= 0.3 is 0 Å². The molecule has 2 amide bonds. The first-order chi connectivity index (χ1) is 8.20. The number of hydrogen-bond acceptors (Lipinski definition) is 3. The van der Waals surface area contributed by atoms with Crippen molar-refractivity contribution in [2.75, 3.05) is 13.1 Å². The number of likely N-dealkylation sites (tertiary alicyclic amines) is 1. The lowest BCUT2D eigenvalue weighted by molar-refractivity contribution is -0.145. The normalized spacial score (nSPS) is 18.7. The summed E-state index contributed by atoms with van der Waals surface area (Å²) < 4.78 is 0. The van der Waals surface area contributed by atoms with Gasteiger partial charge in [-0.3, -0.25) is 9.59 Å². The Labute approximate surface area is 104 Å². The fourth-order valence-corrected chi connectivity index (χ4v) is 2.44. The largest absolute Gasteiger partial charge is 0.342 e. The van der Waals surface area contributed by atoms with Crippen molar-refractivity contribution < 1.29 is 9.59 Å². The SMILES string of the molecule is C=CCN1CC(NC(=O)Cc2cccs2)C1=O. The average molecular weight is 250 g/mol. The molecule has 0 spiro atoms. The zero-order chi connectivity index (χ0) is 12.3. The van der Waals surface area contributed by atoms with Crippen LogP contribution in [0.25, 0.3) is 0 Å². The molecule has 1 aliphatic rings. The standard InChI is InChI=1S/C12H14N2O2S/c1-2-5-14-8-10(12(14)16)13-11(15)7-9-4-3-6-17-9/h2-4,6,10H,1,5,7-8H2,(H,13,15). The third-order valence-electron chi connectivity index (χ3n) is 2.61. The third-order valence-corrected chi connectivity index (χ3v) is 3.49. The van der Waals surface area contributed by atoms with Gasteiger partial charge in [0.2, 0.25) is 11.8 Å². The van der Waals surface area contributed by atoms with Crippen molar-refractivity contribution in [1.82, 2.24) is 10.2 Å². The quantitative estimate of drug-likeness (QED) is 0.621. The number of rotatable bonds is 5. The molecule has 90 valence electrons. The average Bonchev–Trinajstić information content (AvgIpc) is 2.80. The molecule has 17 heavy (non-hydrogen) atoms. The second-order valence-corrected chi connectivity index (χ2v) is 4.94. The lowest BCUT2D eigenvalue weighted by atomic mass is 10.1. The van der Waals surface area contributed by atoms with E-state index < -0.39 is 0 Å². The Hall–Kier alpha value is -1.62. The predicted molar refractivity (Wildman–Crippen MR) is 66.7 cm³/mol. The molecule has 0 bridgehead atoms. The Morgan fingerprint density at radius 2 is 2.53 bits per heavy atom. The summed E-state index contributed by atoms with van der Waals surface area (Å²) in [5, 5.41) is 4.67. The Bertz CT molecular complexity index is 428. The van der Waals surface area contributed by atoms with Crippen molar-refractivity contribution >= 4 is 23.2 Å². The van der Waals surface area contributed by atoms with Crippen LogP contribution in [-0.4, -0.2) is 35.8 Å². The van der Waals surface area contributed by atoms with Crippen LogP contribution in [0, 0.1) is 0 Å². The summed E-state index contributed by atoms with van der Waals surface area (Å²) in [5.41, 5.74) is 0. The topological polar surface area (TPSA) is 49.4 Å². The number of amides is 2. The van der Waals surface area contributed by atoms with E-state index in [9.17, 15) is 9.59 Å². The van der Waals surface area contributed by atoms with E-state index in [4.69, 9.17) is 0 Å². The van der Waals surface area contributed by atoms with Crippen LogP contribution < -0.4 is 5.32 Å². The number of thiophene rings is 1. The van der Waals surface area contributed by atoms with Gasteiger partial charge < -0.3 is 10.2 Å². The Morgan fingerprint density at radius 3 is 3.12 bits per heavy atom. The molecule has 1 fully saturated rings. The summed E-state index contributed by atoms with van der Waals surface area (Å²) >= 11 is 1.54. The van der Waals surface area contributed by atoms with Crippen molar-refractivity contribution in [2.24, 2.45) is 0 Å². The molecule has 1 aromatic rings. The van der Waals surface area contributed by atoms with E-state index in [2.05, 4.69) is 11.9 Å². The van der Waals surface area contributed by atoms with Gasteiger partial charge in [-0.25, -0.2) is 0 Å². The van der Waals surface area contributed by atoms with Gasteiger partial charge in [0.1, 0.15) is 6.04 Å². The number of carbonyl (C=O) groups is 2. The first kappa shape index (κ1) is 11.9. The summed E-state index contributed by atoms with van der Waals surface area (Å²) in [5.74, 6) is -0.117. The Balaban J connectivity index is 1.77. The molecular formula is C12H14N2O2S. The fraction of sp³-hybridized carbons (Fsp3) is 0.333. The summed E-state index contributed by atoms with van der Waals surface area (Å²) in [4.78, 5) is 25.9. The molecule has 0 radical (unpaired) electrons. The zero-order valence-corrected chi connectivity index (χ0v) is 10.2. The molecular weight excluding hydrogens is 236 g/mol. The van der Waals surface area contributed by atoms with Crippen LogP contribution in [-0.2, 0) is 16.0 Å². The van der Waals surface area contributed by atoms with E-state index >= 15 is 0 Å². The summed E-state index contributed by atoms with van der Waals surface area (Å²) in [6.07, 6.45) is 2.03. The molecule has 1 atom stereocenters. The highest BCUT2D eigenvalue weighted by molar-refractivity contribution is 7.10. The minimum atomic E-state index is -0.345. The maximum atomic E-state index is 11.6. The monoisotopic (exact) mass is 250 g/mol. The molecule has 1 N–H and O–H groups in total. The van der Waals surface area contributed by atoms with Crippen LogP contribution in [0.15, 0.2) is 30.2 Å². The van der Waals surface area contributed by atoms with Gasteiger partial charge in [0.25, 0.3) is 0 Å². The number of carbonyl (C=O) groups excluding carboxylic acids is 2. The molecule has 2 heterocycles. The van der Waals surface area contributed by atoms with Crippen LogP contribution in [0.3, 0.4) is 0 Å². The van der Waals surface area contributed by atoms with Gasteiger partial charge in [-0.15, -0.1) is 17.9 Å². The molecule has 2 rings (SSSR count). The number of hydrogen-bond donors (Lipinski definition) is 1. The van der Waals surface area contributed by atoms with Gasteiger partial charge in [-0.2, -0.15) is 0 Å². The molecule has 4 nitrogen and oxygen atoms in total. The molecule has 0 aliphatic carbocycles. The molecule has 0 aromatic carbocycles. The van der Waals surface area contributed by atoms with Gasteiger partial charge in [0.15, 0.2) is 0 Å². The second-order valence-electron chi connectivity index (χ2n) is 3.91. The van der Waals surface area contributed by atoms with Crippen molar-refractivity contribution in [2.45, 2.75) is 12.5 Å². The predicted octanol–water partition coefficient (Wildman–Crippen LogP) is 0.804. The van der Waals surface area contributed by atoms with E-state index in [1.54, 1.807) is 22.3 Å². The summed E-state index contributed by atoms with van der Waals surface area (Å²) in [6.45, 7) is 4.71. The second kappa shape index (κ2) is 5.14. The smallest absolute Gasteiger partial charge is 0.247 e. The number of β-lactam (4-membered cyclic amide) rings is 1. The lowest BCUT2D eigenvalue weighted by Crippen LogP contribution is -2.63. The van der Waals surface area contributed by atoms with E-state index in [1.165, 1.54) is 0 Å². The maximum absolute atomic E-state index is 11.6. The van der Waals surface area contributed by atoms with E-state index in [-0.39, 0.29) is 17.9 Å². The number of nitrogens with one attached hydrogen (secondary N) is 1. The fourth-order valence-electron chi connectivity index (χ4n) is 1.74. The highest BCUT2D eigenvalue weighted by atomic mass is 32.1. The molecule has 1 aliphatic heterocycles. The van der Waals surface area contributed by atoms with Gasteiger partial charge in [-0.05, 0) is 11.4 Å². The molecule has 1 saturated heterocycles. The Kier molecular flexibility index (Phi) is 3.58. The van der Waals surface area contributed by atoms with Gasteiger partial charge in [0.05, 0.1) is 13.0 Å². The van der Waals surface area contributed by atoms with Crippen molar-refractivity contribution in [3.63, 3.8) is 0 Å². The van der Waals surface area contributed by atoms with E-state index in [1.807, 2.05) is 17.5 Å². The summed E-state index contributed by atoms with van der Waals surface area (Å²) in [6, 6.07) is 3.48. The van der Waals surface area contributed by atoms with Crippen molar-refractivity contribution in [3.05, 3.63) is 35.0 Å². The van der Waals surface area contributed by atoms with E-state index in [0.717, 1.165) is 4.88 Å². The van der Waals surface area contributed by atoms with Gasteiger partial charge in [0, 0.05) is 11.4 Å². The highest BCUT2D eigenvalue weighted by Gasteiger charge is 2.36. The van der Waals surface area contributed by atoms with Crippen LogP contribution in [0.2, 0.25) is 0 Å².